The Morgan fingerprint density at radius 1 is 0.548 bits per heavy atom. The molecule has 0 aliphatic carbocycles. The van der Waals surface area contributed by atoms with E-state index in [9.17, 15) is 0 Å². The first kappa shape index (κ1) is 16.6. The van der Waals surface area contributed by atoms with Crippen LogP contribution in [0.5, 0.6) is 0 Å². The second-order valence-corrected chi connectivity index (χ2v) is 8.10. The van der Waals surface area contributed by atoms with E-state index < -0.39 is 0 Å². The molecule has 0 spiro atoms. The highest BCUT2D eigenvalue weighted by molar-refractivity contribution is 6.09. The standard InChI is InChI=1S/C29H18N2/c1-2-8-22-19(7-1)13-14-20-15-16-21(17-25(20)22)31-18-26-23-9-3-5-11-27(23)30-29(26)24-10-4-6-12-28(24)31/h1-18H. The molecule has 31 heavy (non-hydrogen) atoms. The molecule has 2 heteroatoms. The Labute approximate surface area is 179 Å². The summed E-state index contributed by atoms with van der Waals surface area (Å²) in [5.74, 6) is 0. The lowest BCUT2D eigenvalue weighted by Gasteiger charge is -2.16. The molecule has 0 fully saturated rings. The number of pyridine rings is 1. The molecule has 0 saturated carbocycles. The van der Waals surface area contributed by atoms with Crippen molar-refractivity contribution in [2.45, 2.75) is 0 Å². The molecule has 0 amide bonds. The summed E-state index contributed by atoms with van der Waals surface area (Å²) < 4.78 is 2.31. The van der Waals surface area contributed by atoms with Gasteiger partial charge in [0, 0.05) is 28.2 Å². The number of benzene rings is 5. The van der Waals surface area contributed by atoms with Crippen LogP contribution in [0.25, 0.3) is 60.3 Å². The number of para-hydroxylation sites is 2. The number of fused-ring (bicyclic) bond motifs is 8. The van der Waals surface area contributed by atoms with Crippen molar-refractivity contribution in [3.05, 3.63) is 109 Å². The Hall–Kier alpha value is -4.17. The van der Waals surface area contributed by atoms with Crippen LogP contribution in [0.2, 0.25) is 0 Å². The summed E-state index contributed by atoms with van der Waals surface area (Å²) in [6.45, 7) is 0. The van der Waals surface area contributed by atoms with Gasteiger partial charge in [-0.25, -0.2) is 4.98 Å². The van der Waals surface area contributed by atoms with Gasteiger partial charge < -0.3 is 4.57 Å². The van der Waals surface area contributed by atoms with E-state index >= 15 is 0 Å². The maximum absolute atomic E-state index is 4.96. The Kier molecular flexibility index (Phi) is 3.30. The zero-order chi connectivity index (χ0) is 20.4. The Morgan fingerprint density at radius 3 is 2.13 bits per heavy atom. The minimum Gasteiger partial charge on any atom is -0.316 e. The molecule has 2 nitrogen and oxygen atoms in total. The minimum atomic E-state index is 1.05. The van der Waals surface area contributed by atoms with Crippen molar-refractivity contribution in [3.8, 4) is 16.9 Å². The Balaban J connectivity index is 1.61. The summed E-state index contributed by atoms with van der Waals surface area (Å²) in [5, 5.41) is 7.46. The highest BCUT2D eigenvalue weighted by atomic mass is 15.0. The number of hydrogen-bond donors (Lipinski definition) is 0. The van der Waals surface area contributed by atoms with Gasteiger partial charge >= 0.3 is 0 Å². The average molecular weight is 394 g/mol. The molecule has 2 aliphatic heterocycles. The molecule has 144 valence electrons. The van der Waals surface area contributed by atoms with Gasteiger partial charge in [-0.3, -0.25) is 0 Å². The smallest absolute Gasteiger partial charge is 0.0824 e. The molecule has 0 radical (unpaired) electrons. The van der Waals surface area contributed by atoms with E-state index in [0.29, 0.717) is 0 Å². The fourth-order valence-electron chi connectivity index (χ4n) is 4.88. The van der Waals surface area contributed by atoms with Crippen molar-refractivity contribution in [1.29, 1.82) is 0 Å². The van der Waals surface area contributed by atoms with Crippen molar-refractivity contribution < 1.29 is 0 Å². The highest BCUT2D eigenvalue weighted by Crippen LogP contribution is 2.38. The quantitative estimate of drug-likeness (QED) is 0.262. The molecule has 0 N–H and O–H groups in total. The lowest BCUT2D eigenvalue weighted by molar-refractivity contribution is 1.11. The lowest BCUT2D eigenvalue weighted by Crippen LogP contribution is -1.99. The zero-order valence-corrected chi connectivity index (χ0v) is 16.8. The van der Waals surface area contributed by atoms with Crippen molar-refractivity contribution in [3.63, 3.8) is 0 Å². The highest BCUT2D eigenvalue weighted by Gasteiger charge is 2.17. The molecule has 5 aromatic rings. The summed E-state index contributed by atoms with van der Waals surface area (Å²) in [5.41, 5.74) is 5.63. The van der Waals surface area contributed by atoms with Gasteiger partial charge in [0.25, 0.3) is 0 Å². The van der Waals surface area contributed by atoms with Gasteiger partial charge in [0.15, 0.2) is 0 Å². The molecular formula is C29H18N2. The van der Waals surface area contributed by atoms with Crippen molar-refractivity contribution in [1.82, 2.24) is 9.55 Å². The third kappa shape index (κ3) is 2.36. The van der Waals surface area contributed by atoms with Gasteiger partial charge in [0.2, 0.25) is 0 Å². The maximum atomic E-state index is 4.96. The van der Waals surface area contributed by atoms with Crippen LogP contribution in [0, 0.1) is 0 Å². The van der Waals surface area contributed by atoms with Gasteiger partial charge in [0.05, 0.1) is 16.7 Å². The average Bonchev–Trinajstić information content (AvgIpc) is 3.22. The monoisotopic (exact) mass is 394 g/mol. The Morgan fingerprint density at radius 2 is 1.23 bits per heavy atom. The number of hydrogen-bond acceptors (Lipinski definition) is 1. The topological polar surface area (TPSA) is 17.8 Å². The molecule has 2 heterocycles. The molecule has 0 aromatic heterocycles. The van der Waals surface area contributed by atoms with Crippen molar-refractivity contribution in [2.24, 2.45) is 0 Å². The van der Waals surface area contributed by atoms with Gasteiger partial charge in [0.1, 0.15) is 0 Å². The largest absolute Gasteiger partial charge is 0.316 e. The number of aromatic nitrogens is 2. The molecule has 0 saturated heterocycles. The third-order valence-corrected chi connectivity index (χ3v) is 6.37. The van der Waals surface area contributed by atoms with Crippen LogP contribution in [-0.4, -0.2) is 9.55 Å². The van der Waals surface area contributed by atoms with E-state index in [0.717, 1.165) is 22.4 Å². The SMILES string of the molecule is c1ccc2c(c1)ccc1ccc(-n3cc4c5ccccc5nc-4c4ccccc43)cc12. The number of rotatable bonds is 1. The normalized spacial score (nSPS) is 11.9. The molecule has 0 bridgehead atoms. The van der Waals surface area contributed by atoms with E-state index in [2.05, 4.69) is 114 Å². The molecule has 0 unspecified atom stereocenters. The van der Waals surface area contributed by atoms with Gasteiger partial charge in [-0.15, -0.1) is 0 Å². The summed E-state index contributed by atoms with van der Waals surface area (Å²) in [6.07, 6.45) is 2.25. The van der Waals surface area contributed by atoms with Crippen LogP contribution >= 0.6 is 0 Å². The van der Waals surface area contributed by atoms with Crippen molar-refractivity contribution in [2.75, 3.05) is 0 Å². The van der Waals surface area contributed by atoms with Crippen LogP contribution in [0.4, 0.5) is 0 Å². The zero-order valence-electron chi connectivity index (χ0n) is 16.8. The van der Waals surface area contributed by atoms with Crippen LogP contribution in [-0.2, 0) is 0 Å². The fraction of sp³-hybridized carbons (Fsp3) is 0. The van der Waals surface area contributed by atoms with Gasteiger partial charge in [-0.1, -0.05) is 78.9 Å². The van der Waals surface area contributed by atoms with Crippen LogP contribution in [0.15, 0.2) is 109 Å². The van der Waals surface area contributed by atoms with E-state index in [1.807, 2.05) is 0 Å². The van der Waals surface area contributed by atoms with Crippen molar-refractivity contribution >= 4 is 43.4 Å². The Bertz CT molecular complexity index is 1740. The molecular weight excluding hydrogens is 376 g/mol. The van der Waals surface area contributed by atoms with E-state index in [-0.39, 0.29) is 0 Å². The minimum absolute atomic E-state index is 1.05. The molecule has 5 aromatic carbocycles. The first-order chi connectivity index (χ1) is 15.4. The molecule has 7 rings (SSSR count). The third-order valence-electron chi connectivity index (χ3n) is 6.37. The fourth-order valence-corrected chi connectivity index (χ4v) is 4.88. The number of nitrogens with zero attached hydrogens (tertiary/aromatic N) is 2. The predicted octanol–water partition coefficient (Wildman–Crippen LogP) is 7.59. The lowest BCUT2D eigenvalue weighted by atomic mass is 10.0. The van der Waals surface area contributed by atoms with Crippen LogP contribution < -0.4 is 0 Å². The van der Waals surface area contributed by atoms with E-state index in [4.69, 9.17) is 4.98 Å². The van der Waals surface area contributed by atoms with Gasteiger partial charge in [-0.2, -0.15) is 0 Å². The van der Waals surface area contributed by atoms with Crippen LogP contribution in [0.3, 0.4) is 0 Å². The summed E-state index contributed by atoms with van der Waals surface area (Å²) >= 11 is 0. The summed E-state index contributed by atoms with van der Waals surface area (Å²) in [7, 11) is 0. The predicted molar refractivity (Wildman–Crippen MR) is 130 cm³/mol. The molecule has 0 atom stereocenters. The van der Waals surface area contributed by atoms with Crippen LogP contribution in [0.1, 0.15) is 0 Å². The van der Waals surface area contributed by atoms with E-state index in [1.54, 1.807) is 0 Å². The summed E-state index contributed by atoms with van der Waals surface area (Å²) in [6, 6.07) is 36.7. The first-order valence-electron chi connectivity index (χ1n) is 10.6. The van der Waals surface area contributed by atoms with Gasteiger partial charge in [-0.05, 0) is 45.8 Å². The maximum Gasteiger partial charge on any atom is 0.0824 e. The second-order valence-electron chi connectivity index (χ2n) is 8.10. The molecule has 2 aliphatic rings. The first-order valence-corrected chi connectivity index (χ1v) is 10.6. The van der Waals surface area contributed by atoms with E-state index in [1.165, 1.54) is 37.9 Å². The second kappa shape index (κ2) is 6.16. The summed E-state index contributed by atoms with van der Waals surface area (Å²) in [4.78, 5) is 4.96.